The predicted octanol–water partition coefficient (Wildman–Crippen LogP) is 4.19. The Morgan fingerprint density at radius 1 is 1.25 bits per heavy atom. The maximum Gasteiger partial charge on any atom is 0.262 e. The van der Waals surface area contributed by atoms with Crippen LogP contribution in [-0.2, 0) is 17.9 Å². The minimum atomic E-state index is -0.310. The van der Waals surface area contributed by atoms with Crippen LogP contribution in [0.15, 0.2) is 48.5 Å². The molecule has 1 atom stereocenters. The number of nitrogens with one attached hydrogen (secondary N) is 1. The molecule has 1 N–H and O–H groups in total. The van der Waals surface area contributed by atoms with Gasteiger partial charge < -0.3 is 10.1 Å². The number of halogens is 1. The first-order valence-electron chi connectivity index (χ1n) is 9.41. The van der Waals surface area contributed by atoms with Crippen LogP contribution in [0.3, 0.4) is 0 Å². The molecule has 0 spiro atoms. The summed E-state index contributed by atoms with van der Waals surface area (Å²) in [4.78, 5) is 15.8. The summed E-state index contributed by atoms with van der Waals surface area (Å²) in [6, 6.07) is 15.4. The Bertz CT molecular complexity index is 973. The zero-order chi connectivity index (χ0) is 19.5. The van der Waals surface area contributed by atoms with E-state index in [0.29, 0.717) is 15.8 Å². The summed E-state index contributed by atoms with van der Waals surface area (Å²) < 4.78 is 20.3. The molecule has 1 aliphatic heterocycles. The number of thiophene rings is 1. The Morgan fingerprint density at radius 3 is 2.86 bits per heavy atom. The van der Waals surface area contributed by atoms with Gasteiger partial charge in [-0.05, 0) is 24.1 Å². The van der Waals surface area contributed by atoms with E-state index in [1.54, 1.807) is 13.2 Å². The molecule has 4 rings (SSSR count). The summed E-state index contributed by atoms with van der Waals surface area (Å²) in [6.07, 6.45) is 0.914. The molecule has 4 nitrogen and oxygen atoms in total. The Hall–Kier alpha value is -2.28. The fourth-order valence-electron chi connectivity index (χ4n) is 3.82. The molecule has 28 heavy (non-hydrogen) atoms. The molecule has 6 heteroatoms. The summed E-state index contributed by atoms with van der Waals surface area (Å²) >= 11 is 1.33. The number of nitrogens with zero attached hydrogens (tertiary/aromatic N) is 1. The van der Waals surface area contributed by atoms with Gasteiger partial charge in [-0.2, -0.15) is 0 Å². The van der Waals surface area contributed by atoms with Crippen LogP contribution in [0.2, 0.25) is 0 Å². The van der Waals surface area contributed by atoms with E-state index >= 15 is 0 Å². The number of amides is 1. The van der Waals surface area contributed by atoms with Gasteiger partial charge in [0.05, 0.1) is 11.5 Å². The van der Waals surface area contributed by atoms with E-state index in [4.69, 9.17) is 4.74 Å². The van der Waals surface area contributed by atoms with E-state index in [0.717, 1.165) is 30.8 Å². The number of benzene rings is 2. The van der Waals surface area contributed by atoms with Gasteiger partial charge in [0.15, 0.2) is 0 Å². The van der Waals surface area contributed by atoms with Crippen LogP contribution in [0.5, 0.6) is 0 Å². The first kappa shape index (κ1) is 19.1. The molecule has 0 unspecified atom stereocenters. The Balaban J connectivity index is 1.47. The van der Waals surface area contributed by atoms with Crippen molar-refractivity contribution in [2.75, 3.05) is 20.2 Å². The number of rotatable bonds is 6. The van der Waals surface area contributed by atoms with Crippen molar-refractivity contribution < 1.29 is 13.9 Å². The molecule has 0 saturated carbocycles. The molecule has 1 fully saturated rings. The highest BCUT2D eigenvalue weighted by Crippen LogP contribution is 2.34. The number of carbonyl (C=O) groups excluding carboxylic acids is 1. The van der Waals surface area contributed by atoms with Gasteiger partial charge >= 0.3 is 0 Å². The summed E-state index contributed by atoms with van der Waals surface area (Å²) in [7, 11) is 1.56. The molecule has 3 aromatic rings. The maximum atomic E-state index is 14.3. The number of methoxy groups -OCH3 is 1. The molecule has 146 valence electrons. The number of likely N-dealkylation sites (tertiary alicyclic amines) is 1. The molecule has 0 bridgehead atoms. The highest BCUT2D eigenvalue weighted by Gasteiger charge is 2.27. The minimum absolute atomic E-state index is 0.0988. The molecule has 2 aromatic carbocycles. The van der Waals surface area contributed by atoms with Crippen molar-refractivity contribution in [2.45, 2.75) is 25.6 Å². The average Bonchev–Trinajstić information content (AvgIpc) is 3.28. The lowest BCUT2D eigenvalue weighted by Crippen LogP contribution is -2.37. The first-order chi connectivity index (χ1) is 13.7. The van der Waals surface area contributed by atoms with Gasteiger partial charge in [-0.15, -0.1) is 11.3 Å². The topological polar surface area (TPSA) is 41.6 Å². The Kier molecular flexibility index (Phi) is 5.71. The van der Waals surface area contributed by atoms with Gasteiger partial charge in [0.2, 0.25) is 0 Å². The van der Waals surface area contributed by atoms with E-state index < -0.39 is 0 Å². The Labute approximate surface area is 167 Å². The molecule has 2 heterocycles. The normalized spacial score (nSPS) is 17.3. The second-order valence-corrected chi connectivity index (χ2v) is 8.19. The monoisotopic (exact) mass is 398 g/mol. The van der Waals surface area contributed by atoms with E-state index in [-0.39, 0.29) is 24.4 Å². The fourth-order valence-corrected chi connectivity index (χ4v) is 4.94. The average molecular weight is 399 g/mol. The third-order valence-electron chi connectivity index (χ3n) is 5.11. The van der Waals surface area contributed by atoms with Crippen LogP contribution >= 0.6 is 11.3 Å². The molecule has 1 aromatic heterocycles. The number of ether oxygens (including phenoxy) is 1. The van der Waals surface area contributed by atoms with Crippen molar-refractivity contribution in [3.8, 4) is 0 Å². The summed E-state index contributed by atoms with van der Waals surface area (Å²) in [5.74, 6) is -0.450. The van der Waals surface area contributed by atoms with Crippen molar-refractivity contribution >= 4 is 27.3 Å². The zero-order valence-corrected chi connectivity index (χ0v) is 16.6. The lowest BCUT2D eigenvalue weighted by atomic mass is 10.1. The molecule has 1 amide bonds. The van der Waals surface area contributed by atoms with Crippen LogP contribution in [0.1, 0.15) is 27.2 Å². The van der Waals surface area contributed by atoms with Gasteiger partial charge in [-0.25, -0.2) is 4.39 Å². The number of carbonyl (C=O) groups is 1. The third kappa shape index (κ3) is 3.94. The molecular formula is C22H23FN2O2S. The minimum Gasteiger partial charge on any atom is -0.380 e. The van der Waals surface area contributed by atoms with Gasteiger partial charge in [-0.3, -0.25) is 9.69 Å². The van der Waals surface area contributed by atoms with Crippen LogP contribution in [0, 0.1) is 5.82 Å². The van der Waals surface area contributed by atoms with Gasteiger partial charge in [-0.1, -0.05) is 36.4 Å². The quantitative estimate of drug-likeness (QED) is 0.677. The highest BCUT2D eigenvalue weighted by molar-refractivity contribution is 7.21. The van der Waals surface area contributed by atoms with Crippen molar-refractivity contribution in [3.05, 3.63) is 70.4 Å². The van der Waals surface area contributed by atoms with E-state index in [9.17, 15) is 9.18 Å². The van der Waals surface area contributed by atoms with Crippen LogP contribution in [-0.4, -0.2) is 37.0 Å². The highest BCUT2D eigenvalue weighted by atomic mass is 32.1. The fraction of sp³-hybridized carbons (Fsp3) is 0.318. The molecular weight excluding hydrogens is 375 g/mol. The van der Waals surface area contributed by atoms with Gasteiger partial charge in [0.1, 0.15) is 5.82 Å². The Morgan fingerprint density at radius 2 is 2.07 bits per heavy atom. The van der Waals surface area contributed by atoms with Crippen molar-refractivity contribution in [1.29, 1.82) is 0 Å². The summed E-state index contributed by atoms with van der Waals surface area (Å²) in [5, 5.41) is 3.64. The number of hydrogen-bond acceptors (Lipinski definition) is 4. The lowest BCUT2D eigenvalue weighted by Gasteiger charge is -2.17. The molecule has 1 saturated heterocycles. The first-order valence-corrected chi connectivity index (χ1v) is 10.2. The van der Waals surface area contributed by atoms with E-state index in [2.05, 4.69) is 22.3 Å². The SMILES string of the molecule is COCc1c(C(=O)N[C@H]2CCN(Cc3ccccc3)C2)sc2cccc(F)c12. The third-order valence-corrected chi connectivity index (χ3v) is 6.31. The van der Waals surface area contributed by atoms with Crippen molar-refractivity contribution in [1.82, 2.24) is 10.2 Å². The molecule has 1 aliphatic rings. The maximum absolute atomic E-state index is 14.3. The zero-order valence-electron chi connectivity index (χ0n) is 15.8. The van der Waals surface area contributed by atoms with Gasteiger partial charge in [0.25, 0.3) is 5.91 Å². The van der Waals surface area contributed by atoms with E-state index in [1.165, 1.54) is 23.0 Å². The summed E-state index contributed by atoms with van der Waals surface area (Å²) in [5.41, 5.74) is 1.91. The smallest absolute Gasteiger partial charge is 0.262 e. The number of fused-ring (bicyclic) bond motifs is 1. The van der Waals surface area contributed by atoms with Crippen LogP contribution in [0.25, 0.3) is 10.1 Å². The second-order valence-electron chi connectivity index (χ2n) is 7.14. The largest absolute Gasteiger partial charge is 0.380 e. The lowest BCUT2D eigenvalue weighted by molar-refractivity contribution is 0.0937. The van der Waals surface area contributed by atoms with E-state index in [1.807, 2.05) is 24.3 Å². The summed E-state index contributed by atoms with van der Waals surface area (Å²) in [6.45, 7) is 2.87. The van der Waals surface area contributed by atoms with Crippen molar-refractivity contribution in [3.63, 3.8) is 0 Å². The van der Waals surface area contributed by atoms with Crippen molar-refractivity contribution in [2.24, 2.45) is 0 Å². The van der Waals surface area contributed by atoms with Gasteiger partial charge in [0, 0.05) is 48.4 Å². The standard InChI is InChI=1S/C22H23FN2O2S/c1-27-14-17-20-18(23)8-5-9-19(20)28-21(17)22(26)24-16-10-11-25(13-16)12-15-6-3-2-4-7-15/h2-9,16H,10-14H2,1H3,(H,24,26)/t16-/m0/s1. The van der Waals surface area contributed by atoms with Crippen LogP contribution in [0.4, 0.5) is 4.39 Å². The number of hydrogen-bond donors (Lipinski definition) is 1. The molecule has 0 radical (unpaired) electrons. The second kappa shape index (κ2) is 8.39. The molecule has 0 aliphatic carbocycles. The van der Waals surface area contributed by atoms with Crippen LogP contribution < -0.4 is 5.32 Å². The predicted molar refractivity (Wildman–Crippen MR) is 110 cm³/mol.